The second-order valence-electron chi connectivity index (χ2n) is 6.29. The van der Waals surface area contributed by atoms with Crippen LogP contribution in [0.4, 0.5) is 0 Å². The van der Waals surface area contributed by atoms with E-state index in [0.29, 0.717) is 63.4 Å². The zero-order valence-corrected chi connectivity index (χ0v) is 16.9. The zero-order chi connectivity index (χ0) is 21.1. The van der Waals surface area contributed by atoms with E-state index in [9.17, 15) is 19.2 Å². The highest BCUT2D eigenvalue weighted by atomic mass is 16.5. The molecule has 0 saturated carbocycles. The van der Waals surface area contributed by atoms with Crippen LogP contribution >= 0.6 is 0 Å². The van der Waals surface area contributed by atoms with Crippen molar-refractivity contribution >= 4 is 23.8 Å². The minimum Gasteiger partial charge on any atom is -0.466 e. The number of rotatable bonds is 11. The number of esters is 2. The lowest BCUT2D eigenvalue weighted by molar-refractivity contribution is -0.142. The number of hydrogen-bond acceptors (Lipinski definition) is 8. The van der Waals surface area contributed by atoms with Crippen LogP contribution in [0.2, 0.25) is 0 Å². The van der Waals surface area contributed by atoms with E-state index in [4.69, 9.17) is 9.47 Å². The Morgan fingerprint density at radius 1 is 0.750 bits per heavy atom. The van der Waals surface area contributed by atoms with Gasteiger partial charge in [-0.15, -0.1) is 10.2 Å². The van der Waals surface area contributed by atoms with Crippen LogP contribution in [0.1, 0.15) is 65.0 Å². The molecule has 1 aromatic heterocycles. The van der Waals surface area contributed by atoms with Crippen molar-refractivity contribution in [3.63, 3.8) is 0 Å². The Kier molecular flexibility index (Phi) is 9.83. The summed E-state index contributed by atoms with van der Waals surface area (Å²) in [7, 11) is 0. The Morgan fingerprint density at radius 2 is 1.14 bits per heavy atom. The summed E-state index contributed by atoms with van der Waals surface area (Å²) in [6.45, 7) is 5.90. The number of ether oxygens (including phenoxy) is 2. The maximum atomic E-state index is 12.0. The number of imide groups is 1. The third-order valence-corrected chi connectivity index (χ3v) is 3.77. The summed E-state index contributed by atoms with van der Waals surface area (Å²) >= 11 is 0. The van der Waals surface area contributed by atoms with Crippen LogP contribution in [0, 0.1) is 0 Å². The van der Waals surface area contributed by atoms with Gasteiger partial charge in [-0.25, -0.2) is 4.68 Å². The van der Waals surface area contributed by atoms with E-state index in [1.54, 1.807) is 0 Å². The molecule has 156 valence electrons. The van der Waals surface area contributed by atoms with Crippen molar-refractivity contribution in [3.8, 4) is 0 Å². The van der Waals surface area contributed by atoms with Crippen LogP contribution in [0.25, 0.3) is 0 Å². The molecule has 10 heteroatoms. The van der Waals surface area contributed by atoms with Crippen LogP contribution < -0.4 is 5.01 Å². The molecule has 0 aromatic carbocycles. The van der Waals surface area contributed by atoms with Gasteiger partial charge in [-0.05, 0) is 25.7 Å². The normalized spacial score (nSPS) is 10.4. The molecule has 0 aliphatic heterocycles. The first kappa shape index (κ1) is 23.3. The van der Waals surface area contributed by atoms with E-state index < -0.39 is 11.8 Å². The van der Waals surface area contributed by atoms with Crippen molar-refractivity contribution < 1.29 is 28.7 Å². The van der Waals surface area contributed by atoms with Gasteiger partial charge in [-0.1, -0.05) is 0 Å². The third-order valence-electron chi connectivity index (χ3n) is 3.77. The Labute approximate surface area is 164 Å². The number of nitrogens with zero attached hydrogens (tertiary/aromatic N) is 4. The van der Waals surface area contributed by atoms with Gasteiger partial charge in [0.15, 0.2) is 11.6 Å². The van der Waals surface area contributed by atoms with Crippen molar-refractivity contribution in [1.82, 2.24) is 14.9 Å². The number of carbonyl (C=O) groups is 4. The van der Waals surface area contributed by atoms with E-state index in [-0.39, 0.29) is 11.9 Å². The quantitative estimate of drug-likeness (QED) is 0.402. The van der Waals surface area contributed by atoms with Crippen LogP contribution in [-0.2, 0) is 41.5 Å². The number of amides is 2. The molecule has 0 aliphatic carbocycles. The Morgan fingerprint density at radius 3 is 1.46 bits per heavy atom. The van der Waals surface area contributed by atoms with E-state index >= 15 is 0 Å². The molecule has 1 heterocycles. The molecule has 2 amide bonds. The summed E-state index contributed by atoms with van der Waals surface area (Å²) in [5.41, 5.74) is 0. The number of aromatic nitrogens is 3. The first-order chi connectivity index (χ1) is 13.2. The van der Waals surface area contributed by atoms with Crippen molar-refractivity contribution in [2.45, 2.75) is 66.2 Å². The summed E-state index contributed by atoms with van der Waals surface area (Å²) in [6.07, 6.45) is 3.51. The van der Waals surface area contributed by atoms with E-state index in [1.807, 2.05) is 0 Å². The fraction of sp³-hybridized carbons (Fsp3) is 0.667. The molecule has 0 atom stereocenters. The molecule has 0 saturated heterocycles. The lowest BCUT2D eigenvalue weighted by Gasteiger charge is -2.21. The van der Waals surface area contributed by atoms with Gasteiger partial charge < -0.3 is 9.47 Å². The monoisotopic (exact) mass is 396 g/mol. The number of aryl methyl sites for hydroxylation is 2. The van der Waals surface area contributed by atoms with Gasteiger partial charge in [0.1, 0.15) is 0 Å². The molecule has 1 rings (SSSR count). The second-order valence-corrected chi connectivity index (χ2v) is 6.29. The predicted octanol–water partition coefficient (Wildman–Crippen LogP) is 1.08. The summed E-state index contributed by atoms with van der Waals surface area (Å²) in [6, 6.07) is 0. The summed E-state index contributed by atoms with van der Waals surface area (Å²) in [4.78, 5) is 45.6. The summed E-state index contributed by atoms with van der Waals surface area (Å²) in [5, 5.41) is 9.29. The van der Waals surface area contributed by atoms with Crippen molar-refractivity contribution in [2.24, 2.45) is 0 Å². The maximum absolute atomic E-state index is 12.0. The van der Waals surface area contributed by atoms with Crippen molar-refractivity contribution in [3.05, 3.63) is 11.6 Å². The highest BCUT2D eigenvalue weighted by Crippen LogP contribution is 2.11. The lowest BCUT2D eigenvalue weighted by atomic mass is 10.2. The molecule has 0 bridgehead atoms. The first-order valence-electron chi connectivity index (χ1n) is 9.25. The molecule has 0 N–H and O–H groups in total. The predicted molar refractivity (Wildman–Crippen MR) is 98.7 cm³/mol. The average Bonchev–Trinajstić information content (AvgIpc) is 2.96. The molecular weight excluding hydrogens is 368 g/mol. The fourth-order valence-corrected chi connectivity index (χ4v) is 2.60. The van der Waals surface area contributed by atoms with Crippen LogP contribution in [-0.4, -0.2) is 51.8 Å². The summed E-state index contributed by atoms with van der Waals surface area (Å²) in [5.74, 6) is -0.562. The standard InChI is InChI=1S/C18H28N4O6/c1-13(23)21(14(2)24)22-17(9-5-7-11-27-15(3)25)19-20-18(22)10-6-8-12-28-16(4)26/h5-12H2,1-4H3. The molecule has 1 aromatic rings. The first-order valence-corrected chi connectivity index (χ1v) is 9.25. The molecule has 0 radical (unpaired) electrons. The number of unbranched alkanes of at least 4 members (excludes halogenated alkanes) is 2. The van der Waals surface area contributed by atoms with Gasteiger partial charge in [0.2, 0.25) is 11.8 Å². The van der Waals surface area contributed by atoms with Gasteiger partial charge in [0.05, 0.1) is 13.2 Å². The number of carbonyl (C=O) groups excluding carboxylic acids is 4. The summed E-state index contributed by atoms with van der Waals surface area (Å²) < 4.78 is 11.3. The van der Waals surface area contributed by atoms with Gasteiger partial charge in [-0.3, -0.25) is 19.2 Å². The molecule has 10 nitrogen and oxygen atoms in total. The van der Waals surface area contributed by atoms with Crippen molar-refractivity contribution in [1.29, 1.82) is 0 Å². The third kappa shape index (κ3) is 7.85. The van der Waals surface area contributed by atoms with Crippen LogP contribution in [0.5, 0.6) is 0 Å². The Bertz CT molecular complexity index is 645. The van der Waals surface area contributed by atoms with E-state index in [1.165, 1.54) is 32.4 Å². The van der Waals surface area contributed by atoms with Crippen LogP contribution in [0.15, 0.2) is 0 Å². The Balaban J connectivity index is 2.83. The van der Waals surface area contributed by atoms with Gasteiger partial charge in [0.25, 0.3) is 0 Å². The fourth-order valence-electron chi connectivity index (χ4n) is 2.60. The van der Waals surface area contributed by atoms with Crippen LogP contribution in [0.3, 0.4) is 0 Å². The second kappa shape index (κ2) is 11.8. The molecular formula is C18H28N4O6. The van der Waals surface area contributed by atoms with E-state index in [0.717, 1.165) is 5.01 Å². The molecule has 0 spiro atoms. The minimum absolute atomic E-state index is 0.301. The maximum Gasteiger partial charge on any atom is 0.302 e. The van der Waals surface area contributed by atoms with Gasteiger partial charge >= 0.3 is 11.9 Å². The highest BCUT2D eigenvalue weighted by molar-refractivity contribution is 6.06. The minimum atomic E-state index is -0.436. The molecule has 0 fully saturated rings. The SMILES string of the molecule is CC(=O)OCCCCc1nnc(CCCCOC(C)=O)n1N(C(C)=O)C(C)=O. The van der Waals surface area contributed by atoms with Crippen molar-refractivity contribution in [2.75, 3.05) is 18.2 Å². The molecule has 0 aliphatic rings. The Hall–Kier alpha value is -2.78. The largest absolute Gasteiger partial charge is 0.466 e. The molecule has 0 unspecified atom stereocenters. The number of hydrogen-bond donors (Lipinski definition) is 0. The average molecular weight is 396 g/mol. The van der Waals surface area contributed by atoms with Gasteiger partial charge in [-0.2, -0.15) is 5.01 Å². The van der Waals surface area contributed by atoms with Gasteiger partial charge in [0, 0.05) is 40.5 Å². The molecule has 28 heavy (non-hydrogen) atoms. The zero-order valence-electron chi connectivity index (χ0n) is 16.9. The lowest BCUT2D eigenvalue weighted by Crippen LogP contribution is -2.44. The topological polar surface area (TPSA) is 121 Å². The smallest absolute Gasteiger partial charge is 0.302 e. The van der Waals surface area contributed by atoms with E-state index in [2.05, 4.69) is 10.2 Å². The highest BCUT2D eigenvalue weighted by Gasteiger charge is 2.24.